The molecule has 5 N–H and O–H groups in total. The number of nitrogens with zero attached hydrogens (tertiary/aromatic N) is 4. The highest BCUT2D eigenvalue weighted by Crippen LogP contribution is 2.45. The molecule has 1 aliphatic rings. The standard InChI is InChI=1S/C13H10N4OS.C11H10FN3O/c14-11-3-1-2-10(15-11)13-16-12(17-18-13)8-4-6-9(19)7-5-8;12-7-3-8(14)5-9(4-7)15-10(16)11(6-13)1-2-11/h1-7,19H,(H2,14,15);3-5H,1-2,14H2,(H,15,16). The van der Waals surface area contributed by atoms with Crippen LogP contribution in [0.5, 0.6) is 0 Å². The minimum absolute atomic E-state index is 0.233. The summed E-state index contributed by atoms with van der Waals surface area (Å²) in [7, 11) is 0. The molecule has 1 aliphatic carbocycles. The summed E-state index contributed by atoms with van der Waals surface area (Å²) in [5, 5.41) is 15.2. The highest BCUT2D eigenvalue weighted by Gasteiger charge is 2.50. The number of hydrogen-bond donors (Lipinski definition) is 4. The second-order valence-electron chi connectivity index (χ2n) is 7.84. The first-order chi connectivity index (χ1) is 16.8. The number of thiol groups is 1. The molecule has 35 heavy (non-hydrogen) atoms. The zero-order valence-corrected chi connectivity index (χ0v) is 19.2. The summed E-state index contributed by atoms with van der Waals surface area (Å²) in [6.07, 6.45) is 1.11. The van der Waals surface area contributed by atoms with Gasteiger partial charge in [-0.2, -0.15) is 10.2 Å². The second-order valence-corrected chi connectivity index (χ2v) is 8.36. The third kappa shape index (κ3) is 5.74. The average molecular weight is 490 g/mol. The summed E-state index contributed by atoms with van der Waals surface area (Å²) in [6, 6.07) is 18.5. The van der Waals surface area contributed by atoms with Crippen molar-refractivity contribution in [1.29, 1.82) is 5.26 Å². The van der Waals surface area contributed by atoms with Gasteiger partial charge in [0.15, 0.2) is 0 Å². The minimum Gasteiger partial charge on any atom is -0.399 e. The van der Waals surface area contributed by atoms with Crippen molar-refractivity contribution in [1.82, 2.24) is 15.1 Å². The lowest BCUT2D eigenvalue weighted by atomic mass is 10.1. The largest absolute Gasteiger partial charge is 0.399 e. The highest BCUT2D eigenvalue weighted by molar-refractivity contribution is 7.80. The molecule has 2 aromatic heterocycles. The summed E-state index contributed by atoms with van der Waals surface area (Å²) < 4.78 is 18.2. The molecule has 4 aromatic rings. The first-order valence-electron chi connectivity index (χ1n) is 10.4. The summed E-state index contributed by atoms with van der Waals surface area (Å²) in [5.41, 5.74) is 12.1. The number of halogens is 1. The number of pyridine rings is 1. The van der Waals surface area contributed by atoms with Crippen molar-refractivity contribution >= 4 is 35.7 Å². The number of carbonyl (C=O) groups is 1. The molecule has 2 heterocycles. The van der Waals surface area contributed by atoms with Crippen LogP contribution in [0.25, 0.3) is 23.0 Å². The number of carbonyl (C=O) groups excluding carboxylic acids is 1. The smallest absolute Gasteiger partial charge is 0.276 e. The number of nitrogens with one attached hydrogen (secondary N) is 1. The van der Waals surface area contributed by atoms with Crippen molar-refractivity contribution in [2.75, 3.05) is 16.8 Å². The molecule has 0 spiro atoms. The predicted octanol–water partition coefficient (Wildman–Crippen LogP) is 4.32. The first-order valence-corrected chi connectivity index (χ1v) is 10.9. The van der Waals surface area contributed by atoms with E-state index >= 15 is 0 Å². The number of hydrogen-bond acceptors (Lipinski definition) is 9. The van der Waals surface area contributed by atoms with E-state index in [0.717, 1.165) is 16.5 Å². The van der Waals surface area contributed by atoms with Crippen LogP contribution in [0, 0.1) is 22.6 Å². The summed E-state index contributed by atoms with van der Waals surface area (Å²) in [5.74, 6) is 0.360. The van der Waals surface area contributed by atoms with E-state index in [1.807, 2.05) is 30.3 Å². The molecule has 1 saturated carbocycles. The molecule has 0 bridgehead atoms. The lowest BCUT2D eigenvalue weighted by Crippen LogP contribution is -2.22. The van der Waals surface area contributed by atoms with Gasteiger partial charge in [0.2, 0.25) is 11.7 Å². The Bertz CT molecular complexity index is 1390. The van der Waals surface area contributed by atoms with Crippen molar-refractivity contribution in [2.45, 2.75) is 17.7 Å². The molecule has 0 atom stereocenters. The number of benzene rings is 2. The van der Waals surface area contributed by atoms with Crippen molar-refractivity contribution < 1.29 is 13.7 Å². The normalized spacial score (nSPS) is 13.2. The SMILES string of the molecule is N#CC1(C(=O)Nc2cc(N)cc(F)c2)CC1.Nc1cccc(-c2nc(-c3ccc(S)cc3)no2)n1. The molecule has 2 aromatic carbocycles. The van der Waals surface area contributed by atoms with Crippen LogP contribution in [-0.2, 0) is 4.79 Å². The average Bonchev–Trinajstić information content (AvgIpc) is 3.48. The van der Waals surface area contributed by atoms with Gasteiger partial charge >= 0.3 is 0 Å². The number of nitrogens with two attached hydrogens (primary N) is 2. The number of aromatic nitrogens is 3. The lowest BCUT2D eigenvalue weighted by Gasteiger charge is -2.08. The van der Waals surface area contributed by atoms with E-state index in [2.05, 4.69) is 33.1 Å². The molecule has 5 rings (SSSR count). The molecule has 1 amide bonds. The Morgan fingerprint density at radius 2 is 1.86 bits per heavy atom. The van der Waals surface area contributed by atoms with Crippen molar-refractivity contribution in [3.05, 3.63) is 66.5 Å². The molecule has 0 radical (unpaired) electrons. The Hall–Kier alpha value is -4.43. The van der Waals surface area contributed by atoms with Crippen molar-refractivity contribution in [3.63, 3.8) is 0 Å². The van der Waals surface area contributed by atoms with E-state index in [4.69, 9.17) is 21.3 Å². The van der Waals surface area contributed by atoms with Crippen LogP contribution in [0.15, 0.2) is 70.1 Å². The van der Waals surface area contributed by atoms with Gasteiger partial charge in [-0.1, -0.05) is 11.2 Å². The van der Waals surface area contributed by atoms with E-state index in [9.17, 15) is 9.18 Å². The van der Waals surface area contributed by atoms with Gasteiger partial charge in [-0.15, -0.1) is 12.6 Å². The summed E-state index contributed by atoms with van der Waals surface area (Å²) in [4.78, 5) is 21.0. The molecule has 0 unspecified atom stereocenters. The molecule has 0 saturated heterocycles. The molecule has 1 fully saturated rings. The number of nitriles is 1. The Morgan fingerprint density at radius 3 is 2.49 bits per heavy atom. The molecular weight excluding hydrogens is 469 g/mol. The van der Waals surface area contributed by atoms with Gasteiger partial charge in [-0.3, -0.25) is 4.79 Å². The number of rotatable bonds is 4. The third-order valence-corrected chi connectivity index (χ3v) is 5.42. The van der Waals surface area contributed by atoms with Crippen LogP contribution < -0.4 is 16.8 Å². The molecule has 11 heteroatoms. The van der Waals surface area contributed by atoms with Crippen LogP contribution in [0.4, 0.5) is 21.6 Å². The number of nitrogen functional groups attached to an aromatic ring is 2. The number of amides is 1. The zero-order valence-electron chi connectivity index (χ0n) is 18.3. The minimum atomic E-state index is -0.916. The van der Waals surface area contributed by atoms with Crippen molar-refractivity contribution in [3.8, 4) is 29.0 Å². The van der Waals surface area contributed by atoms with Gasteiger partial charge < -0.3 is 21.3 Å². The van der Waals surface area contributed by atoms with Gasteiger partial charge in [0.1, 0.15) is 22.7 Å². The van der Waals surface area contributed by atoms with E-state index in [-0.39, 0.29) is 17.3 Å². The Labute approximate surface area is 205 Å². The fourth-order valence-corrected chi connectivity index (χ4v) is 3.22. The van der Waals surface area contributed by atoms with Gasteiger partial charge in [-0.25, -0.2) is 9.37 Å². The highest BCUT2D eigenvalue weighted by atomic mass is 32.1. The fourth-order valence-electron chi connectivity index (χ4n) is 3.08. The van der Waals surface area contributed by atoms with Crippen LogP contribution in [0.3, 0.4) is 0 Å². The Morgan fingerprint density at radius 1 is 1.11 bits per heavy atom. The Balaban J connectivity index is 0.000000168. The second kappa shape index (κ2) is 9.82. The van der Waals surface area contributed by atoms with Gasteiger partial charge in [0.05, 0.1) is 6.07 Å². The molecular formula is C24H20FN7O2S. The van der Waals surface area contributed by atoms with Crippen molar-refractivity contribution in [2.24, 2.45) is 5.41 Å². The first kappa shape index (κ1) is 23.7. The maximum atomic E-state index is 13.0. The maximum absolute atomic E-state index is 13.0. The topological polar surface area (TPSA) is 157 Å². The molecule has 9 nitrogen and oxygen atoms in total. The Kier molecular flexibility index (Phi) is 6.66. The van der Waals surface area contributed by atoms with Gasteiger partial charge in [0, 0.05) is 21.8 Å². The van der Waals surface area contributed by atoms with Gasteiger partial charge in [-0.05, 0) is 67.4 Å². The van der Waals surface area contributed by atoms with E-state index < -0.39 is 11.2 Å². The third-order valence-electron chi connectivity index (χ3n) is 5.12. The predicted molar refractivity (Wildman–Crippen MR) is 131 cm³/mol. The zero-order chi connectivity index (χ0) is 25.0. The van der Waals surface area contributed by atoms with Crippen LogP contribution in [-0.4, -0.2) is 21.0 Å². The van der Waals surface area contributed by atoms with E-state index in [1.54, 1.807) is 18.2 Å². The summed E-state index contributed by atoms with van der Waals surface area (Å²) >= 11 is 4.23. The van der Waals surface area contributed by atoms with Crippen LogP contribution in [0.1, 0.15) is 12.8 Å². The fraction of sp³-hybridized carbons (Fsp3) is 0.125. The van der Waals surface area contributed by atoms with Crippen LogP contribution >= 0.6 is 12.6 Å². The summed E-state index contributed by atoms with van der Waals surface area (Å²) in [6.45, 7) is 0. The van der Waals surface area contributed by atoms with E-state index in [0.29, 0.717) is 36.1 Å². The molecule has 0 aliphatic heterocycles. The van der Waals surface area contributed by atoms with E-state index in [1.165, 1.54) is 12.1 Å². The maximum Gasteiger partial charge on any atom is 0.276 e. The van der Waals surface area contributed by atoms with Crippen LogP contribution in [0.2, 0.25) is 0 Å². The number of anilines is 3. The quantitative estimate of drug-likeness (QED) is 0.244. The van der Waals surface area contributed by atoms with Gasteiger partial charge in [0.25, 0.3) is 5.89 Å². The lowest BCUT2D eigenvalue weighted by molar-refractivity contribution is -0.119. The molecule has 176 valence electrons. The monoisotopic (exact) mass is 489 g/mol.